The van der Waals surface area contributed by atoms with Crippen molar-refractivity contribution in [2.24, 2.45) is 0 Å². The number of carbonyl (C=O) groups excluding carboxylic acids is 2. The molecule has 132 valence electrons. The lowest BCUT2D eigenvalue weighted by Gasteiger charge is -2.23. The Morgan fingerprint density at radius 1 is 0.818 bits per heavy atom. The molecule has 0 aliphatic heterocycles. The molecule has 22 heavy (non-hydrogen) atoms. The number of esters is 2. The van der Waals surface area contributed by atoms with Gasteiger partial charge in [-0.15, -0.1) is 0 Å². The number of hydrogen-bond acceptors (Lipinski definition) is 4. The summed E-state index contributed by atoms with van der Waals surface area (Å²) in [6.45, 7) is 6.17. The van der Waals surface area contributed by atoms with Crippen LogP contribution in [0.15, 0.2) is 0 Å². The second-order valence-corrected chi connectivity index (χ2v) is 7.34. The highest BCUT2D eigenvalue weighted by molar-refractivity contribution is 5.69. The number of ether oxygens (including phenoxy) is 2. The maximum absolute atomic E-state index is 10.9. The molecule has 0 aromatic rings. The third-order valence-corrected chi connectivity index (χ3v) is 2.55. The van der Waals surface area contributed by atoms with E-state index >= 15 is 0 Å². The van der Waals surface area contributed by atoms with Crippen molar-refractivity contribution in [3.8, 4) is 0 Å². The van der Waals surface area contributed by atoms with Gasteiger partial charge in [0.15, 0.2) is 0 Å². The van der Waals surface area contributed by atoms with Gasteiger partial charge in [-0.05, 0) is 6.42 Å². The van der Waals surface area contributed by atoms with E-state index in [0.29, 0.717) is 19.6 Å². The molecule has 0 aliphatic rings. The van der Waals surface area contributed by atoms with E-state index < -0.39 is 0 Å². The second-order valence-electron chi connectivity index (χ2n) is 7.34. The van der Waals surface area contributed by atoms with E-state index in [-0.39, 0.29) is 11.9 Å². The van der Waals surface area contributed by atoms with Crippen LogP contribution in [-0.4, -0.2) is 89.5 Å². The van der Waals surface area contributed by atoms with Crippen molar-refractivity contribution in [2.45, 2.75) is 26.7 Å². The summed E-state index contributed by atoms with van der Waals surface area (Å²) in [5, 5.41) is 0. The molecule has 0 radical (unpaired) electrons. The first kappa shape index (κ1) is 23.1. The molecule has 0 heterocycles. The van der Waals surface area contributed by atoms with Gasteiger partial charge < -0.3 is 18.4 Å². The highest BCUT2D eigenvalue weighted by Gasteiger charge is 2.08. The Morgan fingerprint density at radius 2 is 1.23 bits per heavy atom. The average Bonchev–Trinajstić information content (AvgIpc) is 2.25. The molecular weight excluding hydrogens is 284 g/mol. The highest BCUT2D eigenvalue weighted by Crippen LogP contribution is 1.94. The highest BCUT2D eigenvalue weighted by atomic mass is 16.5. The van der Waals surface area contributed by atoms with Gasteiger partial charge in [-0.3, -0.25) is 9.59 Å². The fourth-order valence-corrected chi connectivity index (χ4v) is 1.17. The van der Waals surface area contributed by atoms with Crippen molar-refractivity contribution < 1.29 is 28.0 Å². The van der Waals surface area contributed by atoms with E-state index in [1.54, 1.807) is 0 Å². The molecule has 0 fully saturated rings. The van der Waals surface area contributed by atoms with Crippen LogP contribution in [0, 0.1) is 0 Å². The minimum atomic E-state index is -0.201. The van der Waals surface area contributed by atoms with E-state index in [1.807, 2.05) is 6.92 Å². The summed E-state index contributed by atoms with van der Waals surface area (Å²) >= 11 is 0. The SMILES string of the molecule is CC(=O)OCC[N+](C)(C)C.CCCC(=O)OCC[N+](C)(C)C. The molecule has 6 nitrogen and oxygen atoms in total. The molecule has 0 rings (SSSR count). The molecule has 0 bridgehead atoms. The molecule has 0 unspecified atom stereocenters. The first-order chi connectivity index (χ1) is 9.87. The van der Waals surface area contributed by atoms with Gasteiger partial charge in [0.2, 0.25) is 0 Å². The maximum Gasteiger partial charge on any atom is 0.305 e. The summed E-state index contributed by atoms with van der Waals surface area (Å²) in [5.41, 5.74) is 0. The fourth-order valence-electron chi connectivity index (χ4n) is 1.17. The predicted octanol–water partition coefficient (Wildman–Crippen LogP) is 1.29. The first-order valence-corrected chi connectivity index (χ1v) is 7.77. The zero-order valence-corrected chi connectivity index (χ0v) is 15.8. The zero-order chi connectivity index (χ0) is 17.8. The van der Waals surface area contributed by atoms with Gasteiger partial charge in [0, 0.05) is 13.3 Å². The molecule has 0 spiro atoms. The summed E-state index contributed by atoms with van der Waals surface area (Å²) in [6.07, 6.45) is 1.40. The van der Waals surface area contributed by atoms with E-state index in [1.165, 1.54) is 6.92 Å². The molecule has 0 aromatic heterocycles. The summed E-state index contributed by atoms with van der Waals surface area (Å²) in [5.74, 6) is -0.278. The Kier molecular flexibility index (Phi) is 12.0. The van der Waals surface area contributed by atoms with E-state index in [4.69, 9.17) is 9.47 Å². The van der Waals surface area contributed by atoms with Crippen molar-refractivity contribution in [3.05, 3.63) is 0 Å². The van der Waals surface area contributed by atoms with Crippen LogP contribution >= 0.6 is 0 Å². The van der Waals surface area contributed by atoms with Crippen molar-refractivity contribution in [3.63, 3.8) is 0 Å². The third-order valence-electron chi connectivity index (χ3n) is 2.55. The predicted molar refractivity (Wildman–Crippen MR) is 88.3 cm³/mol. The molecule has 0 atom stereocenters. The van der Waals surface area contributed by atoms with Gasteiger partial charge in [-0.1, -0.05) is 6.92 Å². The number of hydrogen-bond donors (Lipinski definition) is 0. The fraction of sp³-hybridized carbons (Fsp3) is 0.875. The van der Waals surface area contributed by atoms with Crippen molar-refractivity contribution in [1.82, 2.24) is 0 Å². The largest absolute Gasteiger partial charge is 0.460 e. The van der Waals surface area contributed by atoms with Crippen LogP contribution in [0.3, 0.4) is 0 Å². The molecule has 0 aromatic carbocycles. The number of likely N-dealkylation sites (N-methyl/N-ethyl adjacent to an activating group) is 2. The van der Waals surface area contributed by atoms with Crippen molar-refractivity contribution in [1.29, 1.82) is 0 Å². The molecule has 0 aliphatic carbocycles. The lowest BCUT2D eigenvalue weighted by molar-refractivity contribution is -0.870. The van der Waals surface area contributed by atoms with Crippen LogP contribution in [0.1, 0.15) is 26.7 Å². The topological polar surface area (TPSA) is 52.6 Å². The summed E-state index contributed by atoms with van der Waals surface area (Å²) in [4.78, 5) is 21.2. The monoisotopic (exact) mass is 320 g/mol. The van der Waals surface area contributed by atoms with Crippen molar-refractivity contribution >= 4 is 11.9 Å². The van der Waals surface area contributed by atoms with Gasteiger partial charge in [0.05, 0.1) is 42.3 Å². The number of rotatable bonds is 8. The molecular formula is C16H36N2O4+2. The van der Waals surface area contributed by atoms with Gasteiger partial charge >= 0.3 is 11.9 Å². The molecule has 0 saturated heterocycles. The Bertz CT molecular complexity index is 317. The van der Waals surface area contributed by atoms with E-state index in [9.17, 15) is 9.59 Å². The zero-order valence-electron chi connectivity index (χ0n) is 15.8. The van der Waals surface area contributed by atoms with Crippen LogP contribution in [0.4, 0.5) is 0 Å². The van der Waals surface area contributed by atoms with Gasteiger partial charge in [-0.25, -0.2) is 0 Å². The lowest BCUT2D eigenvalue weighted by Crippen LogP contribution is -2.37. The van der Waals surface area contributed by atoms with Gasteiger partial charge in [0.1, 0.15) is 26.3 Å². The Hall–Kier alpha value is -1.14. The molecule has 6 heteroatoms. The summed E-state index contributed by atoms with van der Waals surface area (Å²) < 4.78 is 11.4. The smallest absolute Gasteiger partial charge is 0.305 e. The third kappa shape index (κ3) is 23.9. The summed E-state index contributed by atoms with van der Waals surface area (Å²) in [7, 11) is 12.4. The minimum absolute atomic E-state index is 0.0778. The summed E-state index contributed by atoms with van der Waals surface area (Å²) in [6, 6.07) is 0. The first-order valence-electron chi connectivity index (χ1n) is 7.77. The standard InChI is InChI=1S/C9H20NO2.C7H16NO2/c1-5-6-9(11)12-8-7-10(2,3)4;1-7(9)10-6-5-8(2,3)4/h5-8H2,1-4H3;5-6H2,1-4H3/q2*+1. The van der Waals surface area contributed by atoms with E-state index in [0.717, 1.165) is 28.5 Å². The second kappa shape index (κ2) is 11.4. The van der Waals surface area contributed by atoms with Gasteiger partial charge in [0.25, 0.3) is 0 Å². The van der Waals surface area contributed by atoms with Crippen LogP contribution < -0.4 is 0 Å². The van der Waals surface area contributed by atoms with Crippen LogP contribution in [-0.2, 0) is 19.1 Å². The molecule has 0 saturated carbocycles. The van der Waals surface area contributed by atoms with Crippen LogP contribution in [0.2, 0.25) is 0 Å². The average molecular weight is 320 g/mol. The van der Waals surface area contributed by atoms with E-state index in [2.05, 4.69) is 42.3 Å². The lowest BCUT2D eigenvalue weighted by atomic mass is 10.3. The molecule has 0 amide bonds. The van der Waals surface area contributed by atoms with Crippen LogP contribution in [0.25, 0.3) is 0 Å². The minimum Gasteiger partial charge on any atom is -0.460 e. The Morgan fingerprint density at radius 3 is 1.55 bits per heavy atom. The number of nitrogens with zero attached hydrogens (tertiary/aromatic N) is 2. The maximum atomic E-state index is 10.9. The quantitative estimate of drug-likeness (QED) is 0.499. The number of quaternary nitrogens is 2. The Balaban J connectivity index is 0. The normalized spacial score (nSPS) is 11.3. The van der Waals surface area contributed by atoms with Crippen molar-refractivity contribution in [2.75, 3.05) is 68.6 Å². The van der Waals surface area contributed by atoms with Crippen LogP contribution in [0.5, 0.6) is 0 Å². The number of carbonyl (C=O) groups is 2. The molecule has 0 N–H and O–H groups in total. The van der Waals surface area contributed by atoms with Gasteiger partial charge in [-0.2, -0.15) is 0 Å². The Labute approximate surface area is 136 Å².